The van der Waals surface area contributed by atoms with Crippen LogP contribution in [0.4, 0.5) is 4.39 Å². The maximum absolute atomic E-state index is 13.0. The van der Waals surface area contributed by atoms with Crippen LogP contribution < -0.4 is 0 Å². The Morgan fingerprint density at radius 1 is 1.56 bits per heavy atom. The van der Waals surface area contributed by atoms with Gasteiger partial charge in [0.2, 0.25) is 0 Å². The number of hydrogen-bond donors (Lipinski definition) is 0. The number of carbonyl (C=O) groups excluding carboxylic acids is 1. The highest BCUT2D eigenvalue weighted by molar-refractivity contribution is 6.31. The average Bonchev–Trinajstić information content (AvgIpc) is 2.32. The van der Waals surface area contributed by atoms with Crippen LogP contribution in [0, 0.1) is 22.6 Å². The average molecular weight is 268 g/mol. The van der Waals surface area contributed by atoms with Gasteiger partial charge in [-0.15, -0.1) is 0 Å². The first-order valence-electron chi connectivity index (χ1n) is 5.72. The molecule has 1 unspecified atom stereocenters. The molecular formula is C14H15ClFNO. The maximum Gasteiger partial charge on any atom is 0.160 e. The van der Waals surface area contributed by atoms with Crippen LogP contribution in [0.25, 0.3) is 0 Å². The second-order valence-corrected chi connectivity index (χ2v) is 5.24. The monoisotopic (exact) mass is 267 g/mol. The van der Waals surface area contributed by atoms with E-state index in [1.54, 1.807) is 13.8 Å². The lowest BCUT2D eigenvalue weighted by molar-refractivity contribution is -0.127. The molecule has 0 aliphatic rings. The predicted octanol–water partition coefficient (Wildman–Crippen LogP) is 4.09. The molecule has 2 nitrogen and oxygen atoms in total. The summed E-state index contributed by atoms with van der Waals surface area (Å²) in [7, 11) is 0. The van der Waals surface area contributed by atoms with E-state index >= 15 is 0 Å². The molecule has 0 bridgehead atoms. The molecule has 0 saturated carbocycles. The van der Waals surface area contributed by atoms with Gasteiger partial charge in [0, 0.05) is 10.4 Å². The zero-order valence-electron chi connectivity index (χ0n) is 10.6. The highest BCUT2D eigenvalue weighted by Crippen LogP contribution is 2.33. The number of nitriles is 1. The summed E-state index contributed by atoms with van der Waals surface area (Å²) in [5.41, 5.74) is -0.231. The Labute approximate surface area is 111 Å². The number of rotatable bonds is 4. The van der Waals surface area contributed by atoms with Crippen LogP contribution in [0.2, 0.25) is 5.02 Å². The highest BCUT2D eigenvalue weighted by Gasteiger charge is 2.34. The fraction of sp³-hybridized carbons (Fsp3) is 0.429. The van der Waals surface area contributed by atoms with Gasteiger partial charge in [-0.3, -0.25) is 4.79 Å². The molecule has 0 heterocycles. The smallest absolute Gasteiger partial charge is 0.160 e. The van der Waals surface area contributed by atoms with Crippen molar-refractivity contribution in [1.29, 1.82) is 5.26 Å². The molecule has 0 aliphatic carbocycles. The zero-order chi connectivity index (χ0) is 13.9. The fourth-order valence-corrected chi connectivity index (χ4v) is 1.85. The zero-order valence-corrected chi connectivity index (χ0v) is 11.4. The third-order valence-electron chi connectivity index (χ3n) is 3.22. The topological polar surface area (TPSA) is 40.9 Å². The first-order valence-corrected chi connectivity index (χ1v) is 6.10. The van der Waals surface area contributed by atoms with Crippen LogP contribution in [0.3, 0.4) is 0 Å². The molecule has 1 aromatic carbocycles. The van der Waals surface area contributed by atoms with Crippen LogP contribution in [0.1, 0.15) is 38.7 Å². The molecule has 4 heteroatoms. The molecule has 1 rings (SSSR count). The first-order chi connectivity index (χ1) is 8.33. The molecule has 96 valence electrons. The Bertz CT molecular complexity index is 505. The van der Waals surface area contributed by atoms with Gasteiger partial charge in [0.1, 0.15) is 11.7 Å². The number of halogens is 2. The van der Waals surface area contributed by atoms with E-state index in [4.69, 9.17) is 11.6 Å². The molecule has 0 N–H and O–H groups in total. The van der Waals surface area contributed by atoms with Gasteiger partial charge in [-0.2, -0.15) is 5.26 Å². The van der Waals surface area contributed by atoms with Crippen LogP contribution in [0.15, 0.2) is 18.2 Å². The summed E-state index contributed by atoms with van der Waals surface area (Å²) < 4.78 is 13.0. The number of benzene rings is 1. The van der Waals surface area contributed by atoms with Crippen LogP contribution in [-0.2, 0) is 4.79 Å². The third-order valence-corrected chi connectivity index (χ3v) is 3.54. The molecule has 0 radical (unpaired) electrons. The Morgan fingerprint density at radius 3 is 2.61 bits per heavy atom. The quantitative estimate of drug-likeness (QED) is 0.824. The Morgan fingerprint density at radius 2 is 2.17 bits per heavy atom. The second-order valence-electron chi connectivity index (χ2n) is 4.83. The second kappa shape index (κ2) is 5.49. The van der Waals surface area contributed by atoms with E-state index in [-0.39, 0.29) is 10.8 Å². The SMILES string of the molecule is CCC(C)(C)C(=O)C(C#N)c1ccc(F)cc1Cl. The predicted molar refractivity (Wildman–Crippen MR) is 68.8 cm³/mol. The Kier molecular flexibility index (Phi) is 4.48. The summed E-state index contributed by atoms with van der Waals surface area (Å²) in [5, 5.41) is 9.29. The number of ketones is 1. The van der Waals surface area contributed by atoms with Crippen molar-refractivity contribution < 1.29 is 9.18 Å². The molecule has 0 aliphatic heterocycles. The van der Waals surface area contributed by atoms with E-state index in [2.05, 4.69) is 0 Å². The Hall–Kier alpha value is -1.40. The fourth-order valence-electron chi connectivity index (χ4n) is 1.57. The molecule has 0 saturated heterocycles. The van der Waals surface area contributed by atoms with Gasteiger partial charge in [-0.1, -0.05) is 38.4 Å². The van der Waals surface area contributed by atoms with Gasteiger partial charge in [-0.25, -0.2) is 4.39 Å². The van der Waals surface area contributed by atoms with E-state index in [1.807, 2.05) is 13.0 Å². The van der Waals surface area contributed by atoms with Crippen molar-refractivity contribution in [3.8, 4) is 6.07 Å². The van der Waals surface area contributed by atoms with Crippen LogP contribution in [0.5, 0.6) is 0 Å². The van der Waals surface area contributed by atoms with Gasteiger partial charge < -0.3 is 0 Å². The maximum atomic E-state index is 13.0. The molecule has 0 spiro atoms. The van der Waals surface area contributed by atoms with Crippen LogP contribution >= 0.6 is 11.6 Å². The molecule has 18 heavy (non-hydrogen) atoms. The molecule has 0 fully saturated rings. The van der Waals surface area contributed by atoms with E-state index in [9.17, 15) is 14.4 Å². The first kappa shape index (κ1) is 14.7. The summed E-state index contributed by atoms with van der Waals surface area (Å²) in [6, 6.07) is 5.69. The normalized spacial score (nSPS) is 12.9. The summed E-state index contributed by atoms with van der Waals surface area (Å²) >= 11 is 5.90. The lowest BCUT2D eigenvalue weighted by Crippen LogP contribution is -2.28. The summed E-state index contributed by atoms with van der Waals surface area (Å²) in [6.07, 6.45) is 0.628. The number of Topliss-reactive ketones (excluding diaryl/α,β-unsaturated/α-hetero) is 1. The van der Waals surface area contributed by atoms with Gasteiger partial charge in [0.05, 0.1) is 6.07 Å². The van der Waals surface area contributed by atoms with Crippen molar-refractivity contribution in [2.45, 2.75) is 33.1 Å². The van der Waals surface area contributed by atoms with Crippen LogP contribution in [-0.4, -0.2) is 5.78 Å². The summed E-state index contributed by atoms with van der Waals surface area (Å²) in [5.74, 6) is -1.63. The van der Waals surface area contributed by atoms with Crippen molar-refractivity contribution in [2.24, 2.45) is 5.41 Å². The number of nitrogens with zero attached hydrogens (tertiary/aromatic N) is 1. The lowest BCUT2D eigenvalue weighted by atomic mass is 9.77. The lowest BCUT2D eigenvalue weighted by Gasteiger charge is -2.24. The largest absolute Gasteiger partial charge is 0.297 e. The number of carbonyl (C=O) groups is 1. The molecule has 0 aromatic heterocycles. The van der Waals surface area contributed by atoms with Crippen molar-refractivity contribution in [3.63, 3.8) is 0 Å². The van der Waals surface area contributed by atoms with Crippen molar-refractivity contribution in [1.82, 2.24) is 0 Å². The van der Waals surface area contributed by atoms with Gasteiger partial charge in [0.25, 0.3) is 0 Å². The minimum absolute atomic E-state index is 0.113. The molecule has 1 atom stereocenters. The van der Waals surface area contributed by atoms with Crippen molar-refractivity contribution in [3.05, 3.63) is 34.6 Å². The molecular weight excluding hydrogens is 253 g/mol. The highest BCUT2D eigenvalue weighted by atomic mass is 35.5. The molecule has 0 amide bonds. The standard InChI is InChI=1S/C14H15ClFNO/c1-4-14(2,3)13(18)11(8-17)10-6-5-9(16)7-12(10)15/h5-7,11H,4H2,1-3H3. The minimum atomic E-state index is -0.951. The Balaban J connectivity index is 3.20. The van der Waals surface area contributed by atoms with Gasteiger partial charge in [-0.05, 0) is 24.1 Å². The van der Waals surface area contributed by atoms with E-state index in [0.29, 0.717) is 12.0 Å². The minimum Gasteiger partial charge on any atom is -0.297 e. The van der Waals surface area contributed by atoms with Crippen molar-refractivity contribution in [2.75, 3.05) is 0 Å². The van der Waals surface area contributed by atoms with Gasteiger partial charge in [0.15, 0.2) is 5.78 Å². The number of hydrogen-bond acceptors (Lipinski definition) is 2. The van der Waals surface area contributed by atoms with E-state index in [1.165, 1.54) is 12.1 Å². The summed E-state index contributed by atoms with van der Waals surface area (Å²) in [4.78, 5) is 12.3. The summed E-state index contributed by atoms with van der Waals surface area (Å²) in [6.45, 7) is 5.47. The van der Waals surface area contributed by atoms with E-state index < -0.39 is 17.2 Å². The van der Waals surface area contributed by atoms with E-state index in [0.717, 1.165) is 6.07 Å². The third kappa shape index (κ3) is 2.88. The molecule has 1 aromatic rings. The van der Waals surface area contributed by atoms with Gasteiger partial charge >= 0.3 is 0 Å². The van der Waals surface area contributed by atoms with Crippen molar-refractivity contribution >= 4 is 17.4 Å².